The molecule has 1 saturated heterocycles. The molecule has 2 amide bonds. The van der Waals surface area contributed by atoms with Crippen molar-refractivity contribution in [2.24, 2.45) is 0 Å². The molecule has 7 nitrogen and oxygen atoms in total. The largest absolute Gasteiger partial charge is 0.359 e. The summed E-state index contributed by atoms with van der Waals surface area (Å²) < 4.78 is 0. The lowest BCUT2D eigenvalue weighted by Crippen LogP contribution is -2.45. The van der Waals surface area contributed by atoms with E-state index < -0.39 is 0 Å². The Labute approximate surface area is 165 Å². The zero-order chi connectivity index (χ0) is 19.9. The third-order valence-electron chi connectivity index (χ3n) is 5.07. The maximum atomic E-state index is 12.6. The Morgan fingerprint density at radius 2 is 2.04 bits per heavy atom. The number of likely N-dealkylation sites (N-methyl/N-ethyl adjacent to an activating group) is 1. The van der Waals surface area contributed by atoms with Gasteiger partial charge in [0.25, 0.3) is 0 Å². The van der Waals surface area contributed by atoms with Gasteiger partial charge in [-0.2, -0.15) is 0 Å². The van der Waals surface area contributed by atoms with Crippen LogP contribution in [0.3, 0.4) is 0 Å². The first-order valence-electron chi connectivity index (χ1n) is 9.66. The third-order valence-corrected chi connectivity index (χ3v) is 5.07. The van der Waals surface area contributed by atoms with Gasteiger partial charge in [0.15, 0.2) is 0 Å². The highest BCUT2D eigenvalue weighted by molar-refractivity contribution is 5.87. The van der Waals surface area contributed by atoms with Gasteiger partial charge in [-0.05, 0) is 31.0 Å². The highest BCUT2D eigenvalue weighted by Crippen LogP contribution is 2.19. The van der Waals surface area contributed by atoms with Gasteiger partial charge in [-0.3, -0.25) is 14.6 Å². The minimum absolute atomic E-state index is 0.0472. The summed E-state index contributed by atoms with van der Waals surface area (Å²) in [6.07, 6.45) is 5.95. The Kier molecular flexibility index (Phi) is 6.57. The Morgan fingerprint density at radius 3 is 2.79 bits per heavy atom. The van der Waals surface area contributed by atoms with E-state index in [4.69, 9.17) is 0 Å². The van der Waals surface area contributed by atoms with Crippen molar-refractivity contribution in [1.82, 2.24) is 20.2 Å². The molecule has 0 unspecified atom stereocenters. The van der Waals surface area contributed by atoms with E-state index in [9.17, 15) is 9.59 Å². The van der Waals surface area contributed by atoms with Gasteiger partial charge in [-0.1, -0.05) is 12.1 Å². The van der Waals surface area contributed by atoms with E-state index in [1.165, 1.54) is 6.92 Å². The number of carbonyl (C=O) groups excluding carboxylic acids is 2. The lowest BCUT2D eigenvalue weighted by Gasteiger charge is -2.24. The van der Waals surface area contributed by atoms with Crippen molar-refractivity contribution in [3.05, 3.63) is 54.0 Å². The molecule has 1 N–H and O–H groups in total. The third kappa shape index (κ3) is 4.85. The Hall–Kier alpha value is -2.96. The van der Waals surface area contributed by atoms with Gasteiger partial charge in [-0.25, -0.2) is 4.98 Å². The number of nitrogens with one attached hydrogen (secondary N) is 1. The number of pyridine rings is 2. The van der Waals surface area contributed by atoms with E-state index in [0.29, 0.717) is 13.1 Å². The molecule has 0 radical (unpaired) electrons. The number of rotatable bonds is 7. The van der Waals surface area contributed by atoms with E-state index in [1.54, 1.807) is 17.3 Å². The molecule has 7 heteroatoms. The Morgan fingerprint density at radius 1 is 1.21 bits per heavy atom. The van der Waals surface area contributed by atoms with Crippen LogP contribution in [0.2, 0.25) is 0 Å². The predicted molar refractivity (Wildman–Crippen MR) is 108 cm³/mol. The minimum atomic E-state index is -0.362. The summed E-state index contributed by atoms with van der Waals surface area (Å²) >= 11 is 0. The van der Waals surface area contributed by atoms with Crippen LogP contribution in [0.1, 0.15) is 31.0 Å². The number of likely N-dealkylation sites (tertiary alicyclic amines) is 1. The second kappa shape index (κ2) is 9.30. The maximum Gasteiger partial charge on any atom is 0.243 e. The van der Waals surface area contributed by atoms with Crippen LogP contribution in [0.15, 0.2) is 42.7 Å². The summed E-state index contributed by atoms with van der Waals surface area (Å²) in [7, 11) is 1.99. The summed E-state index contributed by atoms with van der Waals surface area (Å²) in [6, 6.07) is 9.38. The van der Waals surface area contributed by atoms with E-state index in [-0.39, 0.29) is 17.9 Å². The highest BCUT2D eigenvalue weighted by atomic mass is 16.2. The molecule has 1 fully saturated rings. The van der Waals surface area contributed by atoms with Gasteiger partial charge in [0.2, 0.25) is 11.8 Å². The average molecular weight is 381 g/mol. The van der Waals surface area contributed by atoms with Gasteiger partial charge in [0.05, 0.1) is 0 Å². The molecule has 148 valence electrons. The summed E-state index contributed by atoms with van der Waals surface area (Å²) in [5.74, 6) is 0.696. The highest BCUT2D eigenvalue weighted by Gasteiger charge is 2.32. The van der Waals surface area contributed by atoms with Crippen LogP contribution < -0.4 is 10.2 Å². The fraction of sp³-hybridized carbons (Fsp3) is 0.429. The predicted octanol–water partition coefficient (Wildman–Crippen LogP) is 1.78. The number of carbonyl (C=O) groups is 2. The molecule has 2 aromatic rings. The van der Waals surface area contributed by atoms with Gasteiger partial charge >= 0.3 is 0 Å². The van der Waals surface area contributed by atoms with Crippen LogP contribution in [0.5, 0.6) is 0 Å². The molecule has 0 spiro atoms. The number of anilines is 1. The molecule has 3 rings (SSSR count). The van der Waals surface area contributed by atoms with Crippen LogP contribution >= 0.6 is 0 Å². The zero-order valence-electron chi connectivity index (χ0n) is 16.5. The number of hydrogen-bond acceptors (Lipinski definition) is 5. The quantitative estimate of drug-likeness (QED) is 0.791. The summed E-state index contributed by atoms with van der Waals surface area (Å²) in [6.45, 7) is 3.33. The molecule has 0 aliphatic carbocycles. The summed E-state index contributed by atoms with van der Waals surface area (Å²) in [4.78, 5) is 36.9. The number of hydrogen-bond donors (Lipinski definition) is 1. The normalized spacial score (nSPS) is 16.1. The maximum absolute atomic E-state index is 12.6. The van der Waals surface area contributed by atoms with Gasteiger partial charge in [0, 0.05) is 63.7 Å². The molecular weight excluding hydrogens is 354 g/mol. The fourth-order valence-corrected chi connectivity index (χ4v) is 3.56. The molecule has 0 aromatic carbocycles. The molecular formula is C21H27N5O2. The Balaban J connectivity index is 1.60. The molecule has 1 aliphatic heterocycles. The first-order valence-corrected chi connectivity index (χ1v) is 9.66. The standard InChI is InChI=1S/C21H27N5O2/c1-16(27)26-13-6-9-19(26)21(28)24-15-17-7-5-12-23-20(17)25(2)14-10-18-8-3-4-11-22-18/h3-5,7-8,11-12,19H,6,9-10,13-15H2,1-2H3,(H,24,28)/t19-/m0/s1. The first kappa shape index (κ1) is 19.8. The molecule has 0 bridgehead atoms. The molecule has 2 aromatic heterocycles. The van der Waals surface area contributed by atoms with Crippen LogP contribution in [0.25, 0.3) is 0 Å². The van der Waals surface area contributed by atoms with Crippen LogP contribution in [-0.4, -0.2) is 52.9 Å². The lowest BCUT2D eigenvalue weighted by molar-refractivity contribution is -0.136. The van der Waals surface area contributed by atoms with Crippen molar-refractivity contribution >= 4 is 17.6 Å². The summed E-state index contributed by atoms with van der Waals surface area (Å²) in [5, 5.41) is 2.98. The van der Waals surface area contributed by atoms with Gasteiger partial charge in [0.1, 0.15) is 11.9 Å². The van der Waals surface area contributed by atoms with Crippen molar-refractivity contribution in [1.29, 1.82) is 0 Å². The monoisotopic (exact) mass is 381 g/mol. The molecule has 1 atom stereocenters. The van der Waals surface area contributed by atoms with Crippen molar-refractivity contribution in [2.75, 3.05) is 25.0 Å². The van der Waals surface area contributed by atoms with Gasteiger partial charge in [-0.15, -0.1) is 0 Å². The first-order chi connectivity index (χ1) is 13.6. The number of nitrogens with zero attached hydrogens (tertiary/aromatic N) is 4. The van der Waals surface area contributed by atoms with Gasteiger partial charge < -0.3 is 15.1 Å². The summed E-state index contributed by atoms with van der Waals surface area (Å²) in [5.41, 5.74) is 1.98. The topological polar surface area (TPSA) is 78.4 Å². The smallest absolute Gasteiger partial charge is 0.243 e. The van der Waals surface area contributed by atoms with Crippen LogP contribution in [0.4, 0.5) is 5.82 Å². The second-order valence-electron chi connectivity index (χ2n) is 7.07. The molecule has 1 aliphatic rings. The molecule has 3 heterocycles. The van der Waals surface area contributed by atoms with Crippen molar-refractivity contribution in [2.45, 2.75) is 38.8 Å². The van der Waals surface area contributed by atoms with Crippen LogP contribution in [-0.2, 0) is 22.6 Å². The van der Waals surface area contributed by atoms with Crippen LogP contribution in [0, 0.1) is 0 Å². The van der Waals surface area contributed by atoms with E-state index >= 15 is 0 Å². The van der Waals surface area contributed by atoms with E-state index in [1.807, 2.05) is 37.4 Å². The van der Waals surface area contributed by atoms with Crippen molar-refractivity contribution < 1.29 is 9.59 Å². The molecule has 0 saturated carbocycles. The van der Waals surface area contributed by atoms with Crippen molar-refractivity contribution in [3.63, 3.8) is 0 Å². The number of amides is 2. The average Bonchev–Trinajstić information content (AvgIpc) is 3.21. The second-order valence-corrected chi connectivity index (χ2v) is 7.07. The fourth-order valence-electron chi connectivity index (χ4n) is 3.56. The zero-order valence-corrected chi connectivity index (χ0v) is 16.5. The van der Waals surface area contributed by atoms with Crippen molar-refractivity contribution in [3.8, 4) is 0 Å². The SMILES string of the molecule is CC(=O)N1CCC[C@H]1C(=O)NCc1cccnc1N(C)CCc1ccccn1. The van der Waals surface area contributed by atoms with E-state index in [0.717, 1.165) is 42.9 Å². The minimum Gasteiger partial charge on any atom is -0.359 e. The number of aromatic nitrogens is 2. The Bertz CT molecular complexity index is 811. The molecule has 28 heavy (non-hydrogen) atoms. The van der Waals surface area contributed by atoms with E-state index in [2.05, 4.69) is 20.2 Å². The lowest BCUT2D eigenvalue weighted by atomic mass is 10.2.